The average Bonchev–Trinajstić information content (AvgIpc) is 2.04. The van der Waals surface area contributed by atoms with Crippen molar-refractivity contribution in [1.82, 2.24) is 9.80 Å². The lowest BCUT2D eigenvalue weighted by Gasteiger charge is -2.30. The molecule has 0 spiro atoms. The molecule has 0 aromatic rings. The fourth-order valence-electron chi connectivity index (χ4n) is 1.84. The molecule has 0 aliphatic carbocycles. The fourth-order valence-corrected chi connectivity index (χ4v) is 1.84. The summed E-state index contributed by atoms with van der Waals surface area (Å²) in [6, 6.07) is 0. The lowest BCUT2D eigenvalue weighted by molar-refractivity contribution is -0.477. The van der Waals surface area contributed by atoms with E-state index in [2.05, 4.69) is 35.5 Å². The Kier molecular flexibility index (Phi) is 3.54. The molecule has 0 N–H and O–H groups in total. The van der Waals surface area contributed by atoms with Gasteiger partial charge in [-0.05, 0) is 0 Å². The second-order valence-corrected chi connectivity index (χ2v) is 3.65. The van der Waals surface area contributed by atoms with Crippen LogP contribution in [0.25, 0.3) is 0 Å². The van der Waals surface area contributed by atoms with Crippen LogP contribution >= 0.6 is 0 Å². The molecule has 0 aromatic heterocycles. The molecule has 1 rings (SSSR count). The number of hydrogen-bond acceptors (Lipinski definition) is 1. The molecule has 1 saturated heterocycles. The molecule has 1 fully saturated rings. The molecule has 4 heteroatoms. The van der Waals surface area contributed by atoms with Crippen molar-refractivity contribution in [2.24, 2.45) is 0 Å². The minimum Gasteiger partial charge on any atom is -0.351 e. The summed E-state index contributed by atoms with van der Waals surface area (Å²) >= 11 is 0. The first-order valence-electron chi connectivity index (χ1n) is 4.66. The van der Waals surface area contributed by atoms with Crippen molar-refractivity contribution in [3.05, 3.63) is 0 Å². The largest absolute Gasteiger partial charge is 0.351 e. The molecule has 1 aliphatic rings. The smallest absolute Gasteiger partial charge is 0.351 e. The standard InChI is InChI=1S/C9H20N3O/c1-10(2)9-11(3)6-5-7-12(9)8-13-4/h5-8H2,1-4H3/q+1. The first-order valence-corrected chi connectivity index (χ1v) is 4.66. The molecule has 13 heavy (non-hydrogen) atoms. The first kappa shape index (κ1) is 10.3. The van der Waals surface area contributed by atoms with Gasteiger partial charge in [0.1, 0.15) is 0 Å². The highest BCUT2D eigenvalue weighted by Crippen LogP contribution is 2.05. The van der Waals surface area contributed by atoms with Crippen molar-refractivity contribution < 1.29 is 9.31 Å². The molecular formula is C9H20N3O+. The van der Waals surface area contributed by atoms with E-state index in [1.807, 2.05) is 0 Å². The SMILES string of the molecule is COCN1CCCN(C)C1=[N+](C)C. The van der Waals surface area contributed by atoms with Crippen LogP contribution in [0.3, 0.4) is 0 Å². The van der Waals surface area contributed by atoms with Crippen molar-refractivity contribution in [3.8, 4) is 0 Å². The number of hydrogen-bond donors (Lipinski definition) is 0. The highest BCUT2D eigenvalue weighted by Gasteiger charge is 2.28. The van der Waals surface area contributed by atoms with Crippen LogP contribution in [0.4, 0.5) is 0 Å². The molecule has 0 aromatic carbocycles. The number of ether oxygens (including phenoxy) is 1. The van der Waals surface area contributed by atoms with Gasteiger partial charge >= 0.3 is 5.96 Å². The Balaban J connectivity index is 2.75. The number of rotatable bonds is 2. The van der Waals surface area contributed by atoms with Crippen LogP contribution in [-0.4, -0.2) is 68.4 Å². The van der Waals surface area contributed by atoms with Gasteiger partial charge in [0.2, 0.25) is 0 Å². The maximum atomic E-state index is 5.16. The molecule has 0 amide bonds. The Hall–Kier alpha value is -0.770. The van der Waals surface area contributed by atoms with Crippen molar-refractivity contribution >= 4 is 5.96 Å². The van der Waals surface area contributed by atoms with E-state index in [1.165, 1.54) is 12.4 Å². The van der Waals surface area contributed by atoms with Gasteiger partial charge in [-0.2, -0.15) is 0 Å². The van der Waals surface area contributed by atoms with Crippen LogP contribution < -0.4 is 0 Å². The summed E-state index contributed by atoms with van der Waals surface area (Å²) < 4.78 is 7.30. The minimum absolute atomic E-state index is 0.678. The van der Waals surface area contributed by atoms with E-state index < -0.39 is 0 Å². The third-order valence-electron chi connectivity index (χ3n) is 2.23. The van der Waals surface area contributed by atoms with E-state index >= 15 is 0 Å². The normalized spacial score (nSPS) is 18.0. The maximum Gasteiger partial charge on any atom is 0.351 e. The number of methoxy groups -OCH3 is 1. The van der Waals surface area contributed by atoms with E-state index in [9.17, 15) is 0 Å². The van der Waals surface area contributed by atoms with Crippen LogP contribution in [0, 0.1) is 0 Å². The molecule has 0 unspecified atom stereocenters. The third-order valence-corrected chi connectivity index (χ3v) is 2.23. The predicted octanol–water partition coefficient (Wildman–Crippen LogP) is -0.144. The summed E-state index contributed by atoms with van der Waals surface area (Å²) in [5.41, 5.74) is 0. The zero-order valence-electron chi connectivity index (χ0n) is 9.08. The van der Waals surface area contributed by atoms with Crippen LogP contribution in [0.1, 0.15) is 6.42 Å². The maximum absolute atomic E-state index is 5.16. The van der Waals surface area contributed by atoms with Crippen molar-refractivity contribution in [1.29, 1.82) is 0 Å². The Labute approximate surface area is 80.4 Å². The van der Waals surface area contributed by atoms with E-state index in [-0.39, 0.29) is 0 Å². The topological polar surface area (TPSA) is 18.7 Å². The summed E-state index contributed by atoms with van der Waals surface area (Å²) in [5.74, 6) is 1.24. The van der Waals surface area contributed by atoms with Gasteiger partial charge in [-0.15, -0.1) is 0 Å². The van der Waals surface area contributed by atoms with E-state index in [0.717, 1.165) is 13.1 Å². The summed E-state index contributed by atoms with van der Waals surface area (Å²) in [4.78, 5) is 4.52. The lowest BCUT2D eigenvalue weighted by Crippen LogP contribution is -2.52. The van der Waals surface area contributed by atoms with Gasteiger partial charge in [-0.25, -0.2) is 4.90 Å². The van der Waals surface area contributed by atoms with Gasteiger partial charge < -0.3 is 4.74 Å². The summed E-state index contributed by atoms with van der Waals surface area (Å²) in [6.45, 7) is 2.90. The Morgan fingerprint density at radius 1 is 1.38 bits per heavy atom. The third kappa shape index (κ3) is 2.34. The molecule has 0 bridgehead atoms. The Bertz CT molecular complexity index is 197. The van der Waals surface area contributed by atoms with E-state index in [4.69, 9.17) is 4.74 Å². The second-order valence-electron chi connectivity index (χ2n) is 3.65. The molecule has 4 nitrogen and oxygen atoms in total. The van der Waals surface area contributed by atoms with Crippen molar-refractivity contribution in [3.63, 3.8) is 0 Å². The summed E-state index contributed by atoms with van der Waals surface area (Å²) in [5, 5.41) is 0. The highest BCUT2D eigenvalue weighted by molar-refractivity contribution is 5.75. The molecular weight excluding hydrogens is 166 g/mol. The average molecular weight is 186 g/mol. The quantitative estimate of drug-likeness (QED) is 0.559. The van der Waals surface area contributed by atoms with Gasteiger partial charge in [-0.3, -0.25) is 9.48 Å². The van der Waals surface area contributed by atoms with E-state index in [1.54, 1.807) is 7.11 Å². The minimum atomic E-state index is 0.678. The van der Waals surface area contributed by atoms with Crippen LogP contribution in [0.5, 0.6) is 0 Å². The zero-order valence-corrected chi connectivity index (χ0v) is 9.08. The molecule has 1 heterocycles. The highest BCUT2D eigenvalue weighted by atomic mass is 16.5. The van der Waals surface area contributed by atoms with E-state index in [0.29, 0.717) is 6.73 Å². The second kappa shape index (κ2) is 4.46. The molecule has 0 atom stereocenters. The Morgan fingerprint density at radius 3 is 2.62 bits per heavy atom. The summed E-state index contributed by atoms with van der Waals surface area (Å²) in [7, 11) is 8.00. The molecule has 0 saturated carbocycles. The summed E-state index contributed by atoms with van der Waals surface area (Å²) in [6.07, 6.45) is 1.21. The molecule has 0 radical (unpaired) electrons. The van der Waals surface area contributed by atoms with Gasteiger partial charge in [0.25, 0.3) is 0 Å². The lowest BCUT2D eigenvalue weighted by atomic mass is 10.3. The zero-order chi connectivity index (χ0) is 9.84. The van der Waals surface area contributed by atoms with Gasteiger partial charge in [0.15, 0.2) is 6.73 Å². The van der Waals surface area contributed by atoms with Gasteiger partial charge in [0.05, 0.1) is 34.2 Å². The molecule has 1 aliphatic heterocycles. The predicted molar refractivity (Wildman–Crippen MR) is 52.9 cm³/mol. The first-order chi connectivity index (χ1) is 6.16. The number of guanidine groups is 1. The number of nitrogens with zero attached hydrogens (tertiary/aromatic N) is 3. The monoisotopic (exact) mass is 186 g/mol. The van der Waals surface area contributed by atoms with Crippen LogP contribution in [-0.2, 0) is 4.74 Å². The van der Waals surface area contributed by atoms with Crippen LogP contribution in [0.15, 0.2) is 0 Å². The van der Waals surface area contributed by atoms with Crippen LogP contribution in [0.2, 0.25) is 0 Å². The fraction of sp³-hybridized carbons (Fsp3) is 0.889. The van der Waals surface area contributed by atoms with Crippen molar-refractivity contribution in [2.75, 3.05) is 48.1 Å². The van der Waals surface area contributed by atoms with Gasteiger partial charge in [0, 0.05) is 13.5 Å². The Morgan fingerprint density at radius 2 is 2.08 bits per heavy atom. The van der Waals surface area contributed by atoms with Crippen molar-refractivity contribution in [2.45, 2.75) is 6.42 Å². The van der Waals surface area contributed by atoms with Gasteiger partial charge in [-0.1, -0.05) is 0 Å². The molecule has 76 valence electrons.